The average Bonchev–Trinajstić information content (AvgIpc) is 2.85. The molecular weight excluding hydrogens is 242 g/mol. The Morgan fingerprint density at radius 2 is 2.11 bits per heavy atom. The summed E-state index contributed by atoms with van der Waals surface area (Å²) in [4.78, 5) is 11.9. The lowest BCUT2D eigenvalue weighted by Crippen LogP contribution is -2.30. The molecule has 0 aliphatic heterocycles. The minimum atomic E-state index is -0.145. The van der Waals surface area contributed by atoms with E-state index >= 15 is 0 Å². The van der Waals surface area contributed by atoms with Crippen LogP contribution in [-0.2, 0) is 7.05 Å². The van der Waals surface area contributed by atoms with Crippen molar-refractivity contribution in [2.45, 2.75) is 33.7 Å². The molecule has 0 atom stereocenters. The molecule has 0 saturated carbocycles. The standard InChI is InChI=1S/C13H19N5O/c1-7(2)14-13(19)11-6-10(15-16-11)12-8(3)17-18(5)9(12)4/h6-7H,1-5H3,(H,14,19)(H,15,16). The second-order valence-corrected chi connectivity index (χ2v) is 4.96. The molecule has 2 N–H and O–H groups in total. The summed E-state index contributed by atoms with van der Waals surface area (Å²) in [6, 6.07) is 1.86. The highest BCUT2D eigenvalue weighted by Crippen LogP contribution is 2.25. The number of aromatic amines is 1. The number of H-pyrrole nitrogens is 1. The maximum atomic E-state index is 11.9. The van der Waals surface area contributed by atoms with Crippen LogP contribution in [0.2, 0.25) is 0 Å². The van der Waals surface area contributed by atoms with Gasteiger partial charge in [-0.1, -0.05) is 0 Å². The van der Waals surface area contributed by atoms with Gasteiger partial charge in [-0.15, -0.1) is 0 Å². The number of rotatable bonds is 3. The summed E-state index contributed by atoms with van der Waals surface area (Å²) in [6.45, 7) is 7.76. The Labute approximate surface area is 112 Å². The largest absolute Gasteiger partial charge is 0.349 e. The van der Waals surface area contributed by atoms with Crippen molar-refractivity contribution >= 4 is 5.91 Å². The third-order valence-electron chi connectivity index (χ3n) is 3.01. The second kappa shape index (κ2) is 4.87. The minimum absolute atomic E-state index is 0.0983. The summed E-state index contributed by atoms with van der Waals surface area (Å²) in [5.74, 6) is -0.145. The van der Waals surface area contributed by atoms with E-state index in [2.05, 4.69) is 20.6 Å². The van der Waals surface area contributed by atoms with E-state index in [-0.39, 0.29) is 11.9 Å². The summed E-state index contributed by atoms with van der Waals surface area (Å²) >= 11 is 0. The molecule has 0 unspecified atom stereocenters. The van der Waals surface area contributed by atoms with Gasteiger partial charge in [0.25, 0.3) is 5.91 Å². The molecule has 102 valence electrons. The van der Waals surface area contributed by atoms with Crippen LogP contribution in [0.5, 0.6) is 0 Å². The molecule has 0 aromatic carbocycles. The maximum Gasteiger partial charge on any atom is 0.269 e. The molecule has 0 aliphatic rings. The van der Waals surface area contributed by atoms with Crippen LogP contribution in [0.3, 0.4) is 0 Å². The number of nitrogens with one attached hydrogen (secondary N) is 2. The molecule has 2 rings (SSSR count). The quantitative estimate of drug-likeness (QED) is 0.880. The highest BCUT2D eigenvalue weighted by Gasteiger charge is 2.17. The lowest BCUT2D eigenvalue weighted by molar-refractivity contribution is 0.0938. The van der Waals surface area contributed by atoms with Crippen molar-refractivity contribution in [1.82, 2.24) is 25.3 Å². The number of hydrogen-bond donors (Lipinski definition) is 2. The van der Waals surface area contributed by atoms with Gasteiger partial charge in [0.05, 0.1) is 11.4 Å². The van der Waals surface area contributed by atoms with Crippen LogP contribution in [0, 0.1) is 13.8 Å². The fourth-order valence-corrected chi connectivity index (χ4v) is 2.05. The van der Waals surface area contributed by atoms with Gasteiger partial charge in [0.1, 0.15) is 5.69 Å². The summed E-state index contributed by atoms with van der Waals surface area (Å²) in [5.41, 5.74) is 4.12. The Bertz CT molecular complexity index is 609. The van der Waals surface area contributed by atoms with Crippen LogP contribution in [0.1, 0.15) is 35.7 Å². The number of amides is 1. The molecule has 2 aromatic rings. The van der Waals surface area contributed by atoms with Gasteiger partial charge >= 0.3 is 0 Å². The third-order valence-corrected chi connectivity index (χ3v) is 3.01. The number of aromatic nitrogens is 4. The predicted octanol–water partition coefficient (Wildman–Crippen LogP) is 1.57. The van der Waals surface area contributed by atoms with Crippen molar-refractivity contribution in [2.75, 3.05) is 0 Å². The van der Waals surface area contributed by atoms with Gasteiger partial charge in [-0.3, -0.25) is 14.6 Å². The van der Waals surface area contributed by atoms with Crippen LogP contribution in [0.4, 0.5) is 0 Å². The van der Waals surface area contributed by atoms with E-state index in [1.807, 2.05) is 39.4 Å². The van der Waals surface area contributed by atoms with E-state index in [9.17, 15) is 4.79 Å². The molecule has 6 nitrogen and oxygen atoms in total. The fourth-order valence-electron chi connectivity index (χ4n) is 2.05. The highest BCUT2D eigenvalue weighted by molar-refractivity contribution is 5.93. The number of nitrogens with zero attached hydrogens (tertiary/aromatic N) is 3. The van der Waals surface area contributed by atoms with Crippen LogP contribution in [0.15, 0.2) is 6.07 Å². The van der Waals surface area contributed by atoms with Gasteiger partial charge in [0.2, 0.25) is 0 Å². The summed E-state index contributed by atoms with van der Waals surface area (Å²) < 4.78 is 1.81. The first-order chi connectivity index (χ1) is 8.90. The van der Waals surface area contributed by atoms with E-state index in [0.29, 0.717) is 5.69 Å². The number of carbonyl (C=O) groups excluding carboxylic acids is 1. The van der Waals surface area contributed by atoms with Crippen molar-refractivity contribution in [3.8, 4) is 11.3 Å². The van der Waals surface area contributed by atoms with Crippen LogP contribution in [0.25, 0.3) is 11.3 Å². The zero-order valence-electron chi connectivity index (χ0n) is 11.9. The zero-order chi connectivity index (χ0) is 14.2. The summed E-state index contributed by atoms with van der Waals surface area (Å²) in [5, 5.41) is 14.2. The first kappa shape index (κ1) is 13.3. The number of aryl methyl sites for hydroxylation is 2. The highest BCUT2D eigenvalue weighted by atomic mass is 16.2. The van der Waals surface area contributed by atoms with E-state index in [4.69, 9.17) is 0 Å². The van der Waals surface area contributed by atoms with Crippen LogP contribution < -0.4 is 5.32 Å². The topological polar surface area (TPSA) is 75.6 Å². The third kappa shape index (κ3) is 2.52. The molecule has 0 fully saturated rings. The second-order valence-electron chi connectivity index (χ2n) is 4.96. The van der Waals surface area contributed by atoms with E-state index < -0.39 is 0 Å². The fraction of sp³-hybridized carbons (Fsp3) is 0.462. The molecule has 0 aliphatic carbocycles. The molecule has 2 aromatic heterocycles. The molecule has 0 bridgehead atoms. The smallest absolute Gasteiger partial charge is 0.269 e. The Morgan fingerprint density at radius 3 is 2.63 bits per heavy atom. The predicted molar refractivity (Wildman–Crippen MR) is 72.9 cm³/mol. The van der Waals surface area contributed by atoms with Crippen molar-refractivity contribution in [2.24, 2.45) is 7.05 Å². The molecule has 0 spiro atoms. The van der Waals surface area contributed by atoms with Crippen molar-refractivity contribution in [3.05, 3.63) is 23.1 Å². The first-order valence-corrected chi connectivity index (χ1v) is 6.27. The Balaban J connectivity index is 2.33. The zero-order valence-corrected chi connectivity index (χ0v) is 11.9. The van der Waals surface area contributed by atoms with Gasteiger partial charge < -0.3 is 5.32 Å². The number of carbonyl (C=O) groups is 1. The van der Waals surface area contributed by atoms with Crippen molar-refractivity contribution < 1.29 is 4.79 Å². The normalized spacial score (nSPS) is 11.1. The Kier molecular flexibility index (Phi) is 3.42. The van der Waals surface area contributed by atoms with Crippen LogP contribution in [-0.4, -0.2) is 31.9 Å². The van der Waals surface area contributed by atoms with Crippen LogP contribution >= 0.6 is 0 Å². The lowest BCUT2D eigenvalue weighted by Gasteiger charge is -2.05. The molecular formula is C13H19N5O. The molecule has 0 saturated heterocycles. The van der Waals surface area contributed by atoms with E-state index in [1.165, 1.54) is 0 Å². The molecule has 19 heavy (non-hydrogen) atoms. The number of hydrogen-bond acceptors (Lipinski definition) is 3. The SMILES string of the molecule is Cc1nn(C)c(C)c1-c1cc(C(=O)NC(C)C)[nH]n1. The maximum absolute atomic E-state index is 11.9. The molecule has 1 amide bonds. The molecule has 6 heteroatoms. The molecule has 0 radical (unpaired) electrons. The van der Waals surface area contributed by atoms with Gasteiger partial charge in [-0.05, 0) is 33.8 Å². The van der Waals surface area contributed by atoms with Gasteiger partial charge in [-0.25, -0.2) is 0 Å². The Hall–Kier alpha value is -2.11. The van der Waals surface area contributed by atoms with E-state index in [1.54, 1.807) is 6.07 Å². The first-order valence-electron chi connectivity index (χ1n) is 6.27. The minimum Gasteiger partial charge on any atom is -0.349 e. The van der Waals surface area contributed by atoms with E-state index in [0.717, 1.165) is 22.6 Å². The molecule has 2 heterocycles. The van der Waals surface area contributed by atoms with Gasteiger partial charge in [-0.2, -0.15) is 10.2 Å². The average molecular weight is 261 g/mol. The summed E-state index contributed by atoms with van der Waals surface area (Å²) in [7, 11) is 1.89. The summed E-state index contributed by atoms with van der Waals surface area (Å²) in [6.07, 6.45) is 0. The monoisotopic (exact) mass is 261 g/mol. The van der Waals surface area contributed by atoms with Gasteiger partial charge in [0, 0.05) is 24.3 Å². The Morgan fingerprint density at radius 1 is 1.42 bits per heavy atom. The van der Waals surface area contributed by atoms with Crippen molar-refractivity contribution in [1.29, 1.82) is 0 Å². The van der Waals surface area contributed by atoms with Crippen molar-refractivity contribution in [3.63, 3.8) is 0 Å². The lowest BCUT2D eigenvalue weighted by atomic mass is 10.1. The van der Waals surface area contributed by atoms with Gasteiger partial charge in [0.15, 0.2) is 0 Å².